The fourth-order valence-corrected chi connectivity index (χ4v) is 4.28. The fourth-order valence-electron chi connectivity index (χ4n) is 4.28. The number of hydrogen-bond donors (Lipinski definition) is 1. The summed E-state index contributed by atoms with van der Waals surface area (Å²) in [4.78, 5) is 22.3. The number of hydrogen-bond acceptors (Lipinski definition) is 7. The van der Waals surface area contributed by atoms with Gasteiger partial charge in [-0.15, -0.1) is 0 Å². The molecule has 0 unspecified atom stereocenters. The van der Waals surface area contributed by atoms with E-state index >= 15 is 0 Å². The van der Waals surface area contributed by atoms with Crippen molar-refractivity contribution in [2.24, 2.45) is 7.05 Å². The van der Waals surface area contributed by atoms with Crippen LogP contribution in [0.3, 0.4) is 0 Å². The van der Waals surface area contributed by atoms with E-state index in [2.05, 4.69) is 15.1 Å². The number of aliphatic hydroxyl groups is 1. The summed E-state index contributed by atoms with van der Waals surface area (Å²) < 4.78 is 14.2. The highest BCUT2D eigenvalue weighted by atomic mass is 16.5. The average Bonchev–Trinajstić information content (AvgIpc) is 3.27. The van der Waals surface area contributed by atoms with Gasteiger partial charge in [-0.1, -0.05) is 6.07 Å². The van der Waals surface area contributed by atoms with Gasteiger partial charge < -0.3 is 14.6 Å². The van der Waals surface area contributed by atoms with Gasteiger partial charge in [0.25, 0.3) is 5.56 Å². The monoisotopic (exact) mass is 447 g/mol. The summed E-state index contributed by atoms with van der Waals surface area (Å²) in [5.41, 5.74) is 4.03. The van der Waals surface area contributed by atoms with E-state index in [1.165, 1.54) is 10.9 Å². The van der Waals surface area contributed by atoms with Crippen LogP contribution in [0.25, 0.3) is 22.2 Å². The van der Waals surface area contributed by atoms with Crippen molar-refractivity contribution in [3.63, 3.8) is 0 Å². The van der Waals surface area contributed by atoms with E-state index in [0.717, 1.165) is 22.4 Å². The van der Waals surface area contributed by atoms with Crippen molar-refractivity contribution in [1.82, 2.24) is 24.3 Å². The lowest BCUT2D eigenvalue weighted by atomic mass is 10.0. The summed E-state index contributed by atoms with van der Waals surface area (Å²) in [6.07, 6.45) is 7.40. The highest BCUT2D eigenvalue weighted by molar-refractivity contribution is 5.80. The van der Waals surface area contributed by atoms with Gasteiger partial charge in [0, 0.05) is 44.1 Å². The van der Waals surface area contributed by atoms with Gasteiger partial charge in [0.1, 0.15) is 5.75 Å². The predicted octanol–water partition coefficient (Wildman–Crippen LogP) is 2.11. The van der Waals surface area contributed by atoms with Crippen molar-refractivity contribution in [3.8, 4) is 17.0 Å². The molecule has 1 aliphatic heterocycles. The zero-order chi connectivity index (χ0) is 22.9. The van der Waals surface area contributed by atoms with Crippen LogP contribution in [0.5, 0.6) is 5.75 Å². The van der Waals surface area contributed by atoms with Gasteiger partial charge in [0.2, 0.25) is 0 Å². The lowest BCUT2D eigenvalue weighted by Crippen LogP contribution is -2.39. The molecule has 1 saturated heterocycles. The van der Waals surface area contributed by atoms with E-state index < -0.39 is 6.10 Å². The molecule has 0 spiro atoms. The molecule has 9 nitrogen and oxygen atoms in total. The summed E-state index contributed by atoms with van der Waals surface area (Å²) in [5.74, 6) is 0.662. The maximum atomic E-state index is 13.3. The zero-order valence-corrected chi connectivity index (χ0v) is 18.5. The van der Waals surface area contributed by atoms with Gasteiger partial charge in [0.05, 0.1) is 55.0 Å². The maximum Gasteiger partial charge on any atom is 0.261 e. The van der Waals surface area contributed by atoms with Crippen LogP contribution in [0.2, 0.25) is 0 Å². The summed E-state index contributed by atoms with van der Waals surface area (Å²) in [5, 5.41) is 15.0. The highest BCUT2D eigenvalue weighted by Crippen LogP contribution is 2.27. The second-order valence-electron chi connectivity index (χ2n) is 8.27. The number of rotatable bonds is 5. The van der Waals surface area contributed by atoms with Crippen molar-refractivity contribution < 1.29 is 14.6 Å². The number of aromatic nitrogens is 5. The number of nitrogens with zero attached hydrogens (tertiary/aromatic N) is 5. The second-order valence-corrected chi connectivity index (χ2v) is 8.27. The molecule has 0 amide bonds. The van der Waals surface area contributed by atoms with Crippen LogP contribution >= 0.6 is 0 Å². The normalized spacial score (nSPS) is 18.5. The van der Waals surface area contributed by atoms with Crippen molar-refractivity contribution in [3.05, 3.63) is 70.7 Å². The Morgan fingerprint density at radius 2 is 2.12 bits per heavy atom. The van der Waals surface area contributed by atoms with Gasteiger partial charge in [-0.05, 0) is 29.7 Å². The number of aryl methyl sites for hydroxylation is 1. The van der Waals surface area contributed by atoms with E-state index in [0.29, 0.717) is 36.1 Å². The summed E-state index contributed by atoms with van der Waals surface area (Å²) >= 11 is 0. The van der Waals surface area contributed by atoms with E-state index in [4.69, 9.17) is 9.47 Å². The van der Waals surface area contributed by atoms with E-state index in [1.807, 2.05) is 37.6 Å². The Morgan fingerprint density at radius 1 is 1.24 bits per heavy atom. The van der Waals surface area contributed by atoms with Crippen LogP contribution in [0.1, 0.15) is 23.6 Å². The molecule has 2 atom stereocenters. The van der Waals surface area contributed by atoms with Gasteiger partial charge in [-0.3, -0.25) is 19.0 Å². The molecule has 9 heteroatoms. The number of methoxy groups -OCH3 is 1. The van der Waals surface area contributed by atoms with Crippen LogP contribution < -0.4 is 10.3 Å². The van der Waals surface area contributed by atoms with Crippen LogP contribution in [-0.4, -0.2) is 55.8 Å². The van der Waals surface area contributed by atoms with Gasteiger partial charge in [0.15, 0.2) is 0 Å². The predicted molar refractivity (Wildman–Crippen MR) is 122 cm³/mol. The quantitative estimate of drug-likeness (QED) is 0.500. The number of aliphatic hydroxyl groups excluding tert-OH is 1. The Morgan fingerprint density at radius 3 is 2.82 bits per heavy atom. The van der Waals surface area contributed by atoms with Crippen molar-refractivity contribution in [1.29, 1.82) is 0 Å². The minimum atomic E-state index is -0.738. The molecular formula is C24H25N5O4. The lowest BCUT2D eigenvalue weighted by Gasteiger charge is -2.29. The fraction of sp³-hybridized carbons (Fsp3) is 0.333. The Bertz CT molecular complexity index is 1350. The summed E-state index contributed by atoms with van der Waals surface area (Å²) in [6, 6.07) is 7.24. The Hall–Kier alpha value is -3.56. The van der Waals surface area contributed by atoms with Crippen LogP contribution in [-0.2, 0) is 18.2 Å². The second kappa shape index (κ2) is 8.76. The molecule has 4 heterocycles. The molecule has 0 saturated carbocycles. The topological polar surface area (TPSA) is 104 Å². The zero-order valence-electron chi connectivity index (χ0n) is 18.5. The minimum Gasteiger partial charge on any atom is -0.496 e. The summed E-state index contributed by atoms with van der Waals surface area (Å²) in [7, 11) is 3.48. The SMILES string of the molecule is COc1cc2ncn([C@H]3CCOC[C@@H]3O)c(=O)c2cc1Cc1ccc(-c2cnn(C)c2)nc1. The molecule has 0 bridgehead atoms. The first-order chi connectivity index (χ1) is 16.0. The summed E-state index contributed by atoms with van der Waals surface area (Å²) in [6.45, 7) is 0.715. The Kier molecular flexibility index (Phi) is 5.65. The number of fused-ring (bicyclic) bond motifs is 1. The molecule has 170 valence electrons. The third-order valence-electron chi connectivity index (χ3n) is 6.05. The number of ether oxygens (including phenoxy) is 2. The van der Waals surface area contributed by atoms with Crippen LogP contribution in [0.15, 0.2) is 54.0 Å². The Balaban J connectivity index is 1.49. The largest absolute Gasteiger partial charge is 0.496 e. The molecule has 5 rings (SSSR count). The average molecular weight is 447 g/mol. The Labute approximate surface area is 190 Å². The van der Waals surface area contributed by atoms with Crippen molar-refractivity contribution in [2.45, 2.75) is 25.0 Å². The van der Waals surface area contributed by atoms with Gasteiger partial charge >= 0.3 is 0 Å². The highest BCUT2D eigenvalue weighted by Gasteiger charge is 2.27. The third-order valence-corrected chi connectivity index (χ3v) is 6.05. The molecule has 4 aromatic rings. The molecule has 1 N–H and O–H groups in total. The van der Waals surface area contributed by atoms with Crippen molar-refractivity contribution >= 4 is 10.9 Å². The van der Waals surface area contributed by atoms with Gasteiger partial charge in [-0.2, -0.15) is 5.10 Å². The van der Waals surface area contributed by atoms with E-state index in [1.54, 1.807) is 24.1 Å². The standard InChI is InChI=1S/C24H25N5O4/c1-28-12-17(11-27-28)19-4-3-15(10-25-19)7-16-8-18-20(9-23(16)32-2)26-14-29(24(18)31)21-5-6-33-13-22(21)30/h3-4,8-12,14,21-22,30H,5-7,13H2,1-2H3/t21-,22-/m0/s1. The minimum absolute atomic E-state index is 0.181. The number of benzene rings is 1. The van der Waals surface area contributed by atoms with E-state index in [9.17, 15) is 9.90 Å². The first kappa shape index (κ1) is 21.3. The first-order valence-electron chi connectivity index (χ1n) is 10.8. The van der Waals surface area contributed by atoms with Crippen LogP contribution in [0.4, 0.5) is 0 Å². The molecule has 0 radical (unpaired) electrons. The molecule has 33 heavy (non-hydrogen) atoms. The molecule has 1 aromatic carbocycles. The molecule has 3 aromatic heterocycles. The molecule has 1 aliphatic rings. The van der Waals surface area contributed by atoms with E-state index in [-0.39, 0.29) is 18.2 Å². The molecule has 1 fully saturated rings. The maximum absolute atomic E-state index is 13.3. The van der Waals surface area contributed by atoms with Gasteiger partial charge in [-0.25, -0.2) is 4.98 Å². The van der Waals surface area contributed by atoms with Crippen molar-refractivity contribution in [2.75, 3.05) is 20.3 Å². The third kappa shape index (κ3) is 4.12. The molecular weight excluding hydrogens is 422 g/mol. The number of pyridine rings is 1. The molecule has 0 aliphatic carbocycles. The lowest BCUT2D eigenvalue weighted by molar-refractivity contribution is -0.0395. The first-order valence-corrected chi connectivity index (χ1v) is 10.8. The van der Waals surface area contributed by atoms with Crippen LogP contribution in [0, 0.1) is 0 Å². The smallest absolute Gasteiger partial charge is 0.261 e.